The molecule has 0 aliphatic carbocycles. The maximum Gasteiger partial charge on any atom is 0.243 e. The van der Waals surface area contributed by atoms with Gasteiger partial charge in [0.1, 0.15) is 4.90 Å². The van der Waals surface area contributed by atoms with Gasteiger partial charge in [-0.25, -0.2) is 21.6 Å². The van der Waals surface area contributed by atoms with Gasteiger partial charge in [0.05, 0.1) is 24.2 Å². The molecule has 10 heteroatoms. The van der Waals surface area contributed by atoms with E-state index < -0.39 is 25.9 Å². The Morgan fingerprint density at radius 3 is 2.85 bits per heavy atom. The lowest BCUT2D eigenvalue weighted by atomic mass is 10.3. The third-order valence-electron chi connectivity index (χ3n) is 3.07. The number of nitrogens with zero attached hydrogens (tertiary/aromatic N) is 2. The second-order valence-corrected chi connectivity index (χ2v) is 8.71. The van der Waals surface area contributed by atoms with Crippen molar-refractivity contribution in [3.05, 3.63) is 12.4 Å². The molecule has 8 nitrogen and oxygen atoms in total. The molecule has 1 saturated heterocycles. The van der Waals surface area contributed by atoms with Crippen LogP contribution in [0.1, 0.15) is 6.42 Å². The Morgan fingerprint density at radius 2 is 2.25 bits per heavy atom. The van der Waals surface area contributed by atoms with Gasteiger partial charge in [-0.15, -0.1) is 0 Å². The lowest BCUT2D eigenvalue weighted by Crippen LogP contribution is -2.35. The topological polar surface area (TPSA) is 110 Å². The van der Waals surface area contributed by atoms with Crippen molar-refractivity contribution in [3.63, 3.8) is 0 Å². The number of hydrogen-bond acceptors (Lipinski definition) is 6. The van der Waals surface area contributed by atoms with Gasteiger partial charge in [0.15, 0.2) is 9.84 Å². The fraction of sp³-hybridized carbons (Fsp3) is 0.700. The third kappa shape index (κ3) is 3.78. The Morgan fingerprint density at radius 1 is 1.50 bits per heavy atom. The average molecular weight is 322 g/mol. The molecule has 1 aromatic rings. The lowest BCUT2D eigenvalue weighted by molar-refractivity contribution is 0.560. The second-order valence-electron chi connectivity index (χ2n) is 4.76. The van der Waals surface area contributed by atoms with Gasteiger partial charge in [-0.05, 0) is 13.5 Å². The quantitative estimate of drug-likeness (QED) is 0.664. The zero-order valence-corrected chi connectivity index (χ0v) is 12.7. The molecule has 20 heavy (non-hydrogen) atoms. The summed E-state index contributed by atoms with van der Waals surface area (Å²) >= 11 is 0. The van der Waals surface area contributed by atoms with E-state index in [0.29, 0.717) is 19.5 Å². The van der Waals surface area contributed by atoms with E-state index in [1.807, 2.05) is 0 Å². The van der Waals surface area contributed by atoms with E-state index in [0.717, 1.165) is 0 Å². The van der Waals surface area contributed by atoms with E-state index in [2.05, 4.69) is 15.1 Å². The van der Waals surface area contributed by atoms with Crippen LogP contribution in [0.25, 0.3) is 0 Å². The van der Waals surface area contributed by atoms with E-state index >= 15 is 0 Å². The molecule has 114 valence electrons. The highest BCUT2D eigenvalue weighted by molar-refractivity contribution is 7.92. The van der Waals surface area contributed by atoms with Crippen LogP contribution in [0.2, 0.25) is 0 Å². The van der Waals surface area contributed by atoms with Crippen molar-refractivity contribution in [1.29, 1.82) is 0 Å². The summed E-state index contributed by atoms with van der Waals surface area (Å²) in [6, 6.07) is -0.550. The van der Waals surface area contributed by atoms with Crippen LogP contribution in [0, 0.1) is 0 Å². The van der Waals surface area contributed by atoms with Crippen LogP contribution < -0.4 is 10.0 Å². The molecule has 0 amide bonds. The SMILES string of the molecule is CNCCn1cc(S(=O)(=O)NC2CCS(=O)(=O)C2)cn1. The van der Waals surface area contributed by atoms with Gasteiger partial charge in [0.25, 0.3) is 0 Å². The predicted octanol–water partition coefficient (Wildman–Crippen LogP) is -1.43. The standard InChI is InChI=1S/C10H18N4O4S2/c1-11-3-4-14-7-10(6-12-14)20(17,18)13-9-2-5-19(15,16)8-9/h6-7,9,11,13H,2-5,8H2,1H3. The van der Waals surface area contributed by atoms with Crippen molar-refractivity contribution in [2.45, 2.75) is 23.9 Å². The Hall–Kier alpha value is -0.970. The highest BCUT2D eigenvalue weighted by atomic mass is 32.2. The fourth-order valence-corrected chi connectivity index (χ4v) is 5.01. The van der Waals surface area contributed by atoms with E-state index in [1.165, 1.54) is 17.1 Å². The number of sulfonamides is 1. The molecule has 1 atom stereocenters. The zero-order chi connectivity index (χ0) is 14.8. The van der Waals surface area contributed by atoms with Crippen LogP contribution >= 0.6 is 0 Å². The van der Waals surface area contributed by atoms with E-state index in [9.17, 15) is 16.8 Å². The summed E-state index contributed by atoms with van der Waals surface area (Å²) in [6.45, 7) is 1.24. The molecule has 1 aliphatic heterocycles. The van der Waals surface area contributed by atoms with Crippen molar-refractivity contribution in [1.82, 2.24) is 19.8 Å². The molecule has 0 saturated carbocycles. The molecule has 1 aromatic heterocycles. The van der Waals surface area contributed by atoms with E-state index in [-0.39, 0.29) is 16.4 Å². The van der Waals surface area contributed by atoms with Gasteiger partial charge in [0.2, 0.25) is 10.0 Å². The fourth-order valence-electron chi connectivity index (χ4n) is 2.01. The second kappa shape index (κ2) is 5.80. The van der Waals surface area contributed by atoms with Crippen LogP contribution in [0.3, 0.4) is 0 Å². The minimum Gasteiger partial charge on any atom is -0.318 e. The summed E-state index contributed by atoms with van der Waals surface area (Å²) in [5.41, 5.74) is 0. The van der Waals surface area contributed by atoms with Gasteiger partial charge in [-0.2, -0.15) is 5.10 Å². The van der Waals surface area contributed by atoms with Crippen LogP contribution in [0.4, 0.5) is 0 Å². The van der Waals surface area contributed by atoms with Crippen molar-refractivity contribution in [3.8, 4) is 0 Å². The molecule has 0 bridgehead atoms. The third-order valence-corrected chi connectivity index (χ3v) is 6.31. The molecule has 2 heterocycles. The van der Waals surface area contributed by atoms with Gasteiger partial charge < -0.3 is 5.32 Å². The van der Waals surface area contributed by atoms with E-state index in [1.54, 1.807) is 7.05 Å². The number of aromatic nitrogens is 2. The Bertz CT molecular complexity index is 665. The monoisotopic (exact) mass is 322 g/mol. The van der Waals surface area contributed by atoms with Gasteiger partial charge in [0, 0.05) is 18.8 Å². The number of nitrogens with one attached hydrogen (secondary N) is 2. The van der Waals surface area contributed by atoms with Crippen molar-refractivity contribution >= 4 is 19.9 Å². The summed E-state index contributed by atoms with van der Waals surface area (Å²) in [6.07, 6.45) is 3.01. The van der Waals surface area contributed by atoms with Crippen molar-refractivity contribution < 1.29 is 16.8 Å². The molecule has 0 aromatic carbocycles. The molecular formula is C10H18N4O4S2. The summed E-state index contributed by atoms with van der Waals surface area (Å²) < 4.78 is 50.8. The molecule has 1 unspecified atom stereocenters. The molecule has 0 radical (unpaired) electrons. The Balaban J connectivity index is 2.05. The first kappa shape index (κ1) is 15.4. The first-order valence-corrected chi connectivity index (χ1v) is 9.53. The zero-order valence-electron chi connectivity index (χ0n) is 11.1. The summed E-state index contributed by atoms with van der Waals surface area (Å²) in [7, 11) is -5.03. The Kier molecular flexibility index (Phi) is 4.47. The smallest absolute Gasteiger partial charge is 0.243 e. The van der Waals surface area contributed by atoms with Crippen molar-refractivity contribution in [2.24, 2.45) is 0 Å². The predicted molar refractivity (Wildman–Crippen MR) is 73.5 cm³/mol. The largest absolute Gasteiger partial charge is 0.318 e. The minimum absolute atomic E-state index is 0.0294. The van der Waals surface area contributed by atoms with Crippen LogP contribution in [0.15, 0.2) is 17.3 Å². The maximum atomic E-state index is 12.1. The minimum atomic E-state index is -3.72. The molecule has 1 aliphatic rings. The van der Waals surface area contributed by atoms with Crippen LogP contribution in [-0.2, 0) is 26.4 Å². The molecule has 2 N–H and O–H groups in total. The summed E-state index contributed by atoms with van der Waals surface area (Å²) in [5.74, 6) is -0.109. The molecule has 1 fully saturated rings. The first-order valence-electron chi connectivity index (χ1n) is 6.22. The first-order chi connectivity index (χ1) is 9.32. The molecule has 0 spiro atoms. The van der Waals surface area contributed by atoms with Gasteiger partial charge >= 0.3 is 0 Å². The van der Waals surface area contributed by atoms with Gasteiger partial charge in [-0.1, -0.05) is 0 Å². The number of rotatable bonds is 6. The normalized spacial score (nSPS) is 22.1. The Labute approximate surface area is 118 Å². The molecule has 2 rings (SSSR count). The van der Waals surface area contributed by atoms with E-state index in [4.69, 9.17) is 0 Å². The maximum absolute atomic E-state index is 12.1. The highest BCUT2D eigenvalue weighted by Gasteiger charge is 2.31. The van der Waals surface area contributed by atoms with Gasteiger partial charge in [-0.3, -0.25) is 4.68 Å². The molecular weight excluding hydrogens is 304 g/mol. The van der Waals surface area contributed by atoms with Crippen LogP contribution in [-0.4, -0.2) is 57.8 Å². The highest BCUT2D eigenvalue weighted by Crippen LogP contribution is 2.15. The van der Waals surface area contributed by atoms with Crippen LogP contribution in [0.5, 0.6) is 0 Å². The average Bonchev–Trinajstić information content (AvgIpc) is 2.93. The lowest BCUT2D eigenvalue weighted by Gasteiger charge is -2.09. The van der Waals surface area contributed by atoms with Crippen molar-refractivity contribution in [2.75, 3.05) is 25.1 Å². The summed E-state index contributed by atoms with van der Waals surface area (Å²) in [4.78, 5) is 0.0536. The number of sulfone groups is 1. The number of likely N-dealkylation sites (N-methyl/N-ethyl adjacent to an activating group) is 1. The number of hydrogen-bond donors (Lipinski definition) is 2. The summed E-state index contributed by atoms with van der Waals surface area (Å²) in [5, 5.41) is 6.90.